The lowest BCUT2D eigenvalue weighted by molar-refractivity contribution is 0.585. The molecular weight excluding hydrogens is 370 g/mol. The summed E-state index contributed by atoms with van der Waals surface area (Å²) >= 11 is 4.75. The van der Waals surface area contributed by atoms with Crippen molar-refractivity contribution in [1.29, 1.82) is 0 Å². The number of hydrogen-bond donors (Lipinski definition) is 0. The Morgan fingerprint density at radius 2 is 1.77 bits per heavy atom. The first-order valence-corrected chi connectivity index (χ1v) is 8.56. The first kappa shape index (κ1) is 15.4. The SMILES string of the molecule is Fc1ccc(N2SN(CC=CCBr)c3ccccc32)c(F)c1. The van der Waals surface area contributed by atoms with Crippen molar-refractivity contribution < 1.29 is 8.78 Å². The van der Waals surface area contributed by atoms with Gasteiger partial charge in [-0.3, -0.25) is 8.61 Å². The molecule has 0 saturated carbocycles. The van der Waals surface area contributed by atoms with Crippen LogP contribution in [-0.2, 0) is 0 Å². The largest absolute Gasteiger partial charge is 0.292 e. The van der Waals surface area contributed by atoms with Crippen LogP contribution in [0.5, 0.6) is 0 Å². The smallest absolute Gasteiger partial charge is 0.150 e. The van der Waals surface area contributed by atoms with Crippen LogP contribution < -0.4 is 8.61 Å². The minimum absolute atomic E-state index is 0.353. The molecule has 0 bridgehead atoms. The number of nitrogens with zero attached hydrogens (tertiary/aromatic N) is 2. The van der Waals surface area contributed by atoms with E-state index >= 15 is 0 Å². The lowest BCUT2D eigenvalue weighted by Gasteiger charge is -2.19. The molecule has 114 valence electrons. The van der Waals surface area contributed by atoms with Gasteiger partial charge in [0, 0.05) is 17.9 Å². The van der Waals surface area contributed by atoms with Crippen molar-refractivity contribution in [2.24, 2.45) is 0 Å². The topological polar surface area (TPSA) is 6.48 Å². The van der Waals surface area contributed by atoms with Gasteiger partial charge in [0.25, 0.3) is 0 Å². The summed E-state index contributed by atoms with van der Waals surface area (Å²) in [4.78, 5) is 0. The van der Waals surface area contributed by atoms with Crippen molar-refractivity contribution in [2.75, 3.05) is 20.5 Å². The van der Waals surface area contributed by atoms with E-state index in [9.17, 15) is 8.78 Å². The van der Waals surface area contributed by atoms with Crippen molar-refractivity contribution >= 4 is 45.1 Å². The third-order valence-corrected chi connectivity index (χ3v) is 4.68. The zero-order chi connectivity index (χ0) is 15.5. The van der Waals surface area contributed by atoms with E-state index in [1.54, 1.807) is 4.31 Å². The summed E-state index contributed by atoms with van der Waals surface area (Å²) in [5, 5.41) is 0.795. The molecule has 1 aliphatic heterocycles. The molecular formula is C16H13BrF2N2S. The summed E-state index contributed by atoms with van der Waals surface area (Å²) in [6, 6.07) is 11.4. The van der Waals surface area contributed by atoms with Crippen LogP contribution in [0.1, 0.15) is 0 Å². The number of allylic oxidation sites excluding steroid dienone is 1. The molecule has 0 radical (unpaired) electrons. The zero-order valence-corrected chi connectivity index (χ0v) is 13.9. The van der Waals surface area contributed by atoms with Crippen molar-refractivity contribution in [2.45, 2.75) is 0 Å². The molecule has 0 N–H and O–H groups in total. The Kier molecular flexibility index (Phi) is 4.69. The highest BCUT2D eigenvalue weighted by Gasteiger charge is 2.29. The number of benzene rings is 2. The molecule has 1 heterocycles. The quantitative estimate of drug-likeness (QED) is 0.395. The van der Waals surface area contributed by atoms with Gasteiger partial charge >= 0.3 is 0 Å². The van der Waals surface area contributed by atoms with Gasteiger partial charge in [0.2, 0.25) is 0 Å². The average molecular weight is 383 g/mol. The molecule has 0 spiro atoms. The van der Waals surface area contributed by atoms with E-state index in [2.05, 4.69) is 20.2 Å². The minimum atomic E-state index is -0.573. The standard InChI is InChI=1S/C16H13BrF2N2S/c17-9-3-4-10-20-15-5-1-2-6-16(15)21(22-20)14-8-7-12(18)11-13(14)19/h1-8,11H,9-10H2. The maximum absolute atomic E-state index is 14.1. The zero-order valence-electron chi connectivity index (χ0n) is 11.5. The normalized spacial score (nSPS) is 14.0. The Bertz CT molecular complexity index is 708. The van der Waals surface area contributed by atoms with E-state index in [4.69, 9.17) is 0 Å². The first-order valence-electron chi connectivity index (χ1n) is 6.71. The first-order chi connectivity index (χ1) is 10.7. The van der Waals surface area contributed by atoms with E-state index in [1.807, 2.05) is 36.4 Å². The predicted octanol–water partition coefficient (Wildman–Crippen LogP) is 5.44. The van der Waals surface area contributed by atoms with Crippen molar-refractivity contribution in [3.05, 3.63) is 66.3 Å². The molecule has 0 unspecified atom stereocenters. The highest BCUT2D eigenvalue weighted by Crippen LogP contribution is 2.49. The number of hydrogen-bond acceptors (Lipinski definition) is 3. The molecule has 3 rings (SSSR count). The van der Waals surface area contributed by atoms with Gasteiger partial charge in [0.15, 0.2) is 5.82 Å². The fourth-order valence-corrected chi connectivity index (χ4v) is 3.55. The van der Waals surface area contributed by atoms with Crippen LogP contribution in [0.25, 0.3) is 0 Å². The van der Waals surface area contributed by atoms with E-state index < -0.39 is 11.6 Å². The molecule has 6 heteroatoms. The third kappa shape index (κ3) is 2.98. The number of rotatable bonds is 4. The van der Waals surface area contributed by atoms with Crippen molar-refractivity contribution in [3.63, 3.8) is 0 Å². The third-order valence-electron chi connectivity index (χ3n) is 3.20. The minimum Gasteiger partial charge on any atom is -0.292 e. The molecule has 2 nitrogen and oxygen atoms in total. The van der Waals surface area contributed by atoms with Crippen molar-refractivity contribution in [3.8, 4) is 0 Å². The molecule has 22 heavy (non-hydrogen) atoms. The molecule has 0 fully saturated rings. The van der Waals surface area contributed by atoms with Gasteiger partial charge in [0.1, 0.15) is 5.82 Å². The Balaban J connectivity index is 1.95. The second kappa shape index (κ2) is 6.71. The molecule has 2 aromatic carbocycles. The van der Waals surface area contributed by atoms with Gasteiger partial charge in [-0.05, 0) is 24.3 Å². The Labute approximate surface area is 140 Å². The van der Waals surface area contributed by atoms with Crippen LogP contribution in [0.2, 0.25) is 0 Å². The highest BCUT2D eigenvalue weighted by molar-refractivity contribution is 9.09. The summed E-state index contributed by atoms with van der Waals surface area (Å²) in [7, 11) is 0. The lowest BCUT2D eigenvalue weighted by Crippen LogP contribution is -2.14. The average Bonchev–Trinajstić information content (AvgIpc) is 2.87. The Morgan fingerprint density at radius 3 is 2.50 bits per heavy atom. The summed E-state index contributed by atoms with van der Waals surface area (Å²) in [5.41, 5.74) is 2.26. The second-order valence-electron chi connectivity index (χ2n) is 4.65. The number of alkyl halides is 1. The molecule has 0 aliphatic carbocycles. The Hall–Kier alpha value is -1.53. The van der Waals surface area contributed by atoms with Gasteiger partial charge in [-0.15, -0.1) is 0 Å². The molecule has 0 atom stereocenters. The number of anilines is 3. The predicted molar refractivity (Wildman–Crippen MR) is 92.8 cm³/mol. The van der Waals surface area contributed by atoms with E-state index in [0.717, 1.165) is 22.8 Å². The van der Waals surface area contributed by atoms with Crippen LogP contribution in [0.3, 0.4) is 0 Å². The number of halogens is 3. The number of para-hydroxylation sites is 2. The maximum Gasteiger partial charge on any atom is 0.150 e. The fourth-order valence-electron chi connectivity index (χ4n) is 2.22. The molecule has 2 aromatic rings. The molecule has 0 aromatic heterocycles. The summed E-state index contributed by atoms with van der Waals surface area (Å²) < 4.78 is 31.1. The Morgan fingerprint density at radius 1 is 1.00 bits per heavy atom. The maximum atomic E-state index is 14.1. The van der Waals surface area contributed by atoms with Gasteiger partial charge in [0.05, 0.1) is 29.2 Å². The van der Waals surface area contributed by atoms with E-state index in [1.165, 1.54) is 24.3 Å². The van der Waals surface area contributed by atoms with E-state index in [0.29, 0.717) is 12.2 Å². The monoisotopic (exact) mass is 382 g/mol. The summed E-state index contributed by atoms with van der Waals surface area (Å²) in [6.07, 6.45) is 4.06. The van der Waals surface area contributed by atoms with Crippen LogP contribution in [0, 0.1) is 11.6 Å². The van der Waals surface area contributed by atoms with Crippen molar-refractivity contribution in [1.82, 2.24) is 0 Å². The second-order valence-corrected chi connectivity index (χ2v) is 6.26. The number of fused-ring (bicyclic) bond motifs is 1. The van der Waals surface area contributed by atoms with Crippen LogP contribution in [0.15, 0.2) is 54.6 Å². The van der Waals surface area contributed by atoms with Gasteiger partial charge in [-0.25, -0.2) is 8.78 Å². The van der Waals surface area contributed by atoms with Crippen LogP contribution in [-0.4, -0.2) is 11.9 Å². The fraction of sp³-hybridized carbons (Fsp3) is 0.125. The van der Waals surface area contributed by atoms with Crippen LogP contribution in [0.4, 0.5) is 25.8 Å². The summed E-state index contributed by atoms with van der Waals surface area (Å²) in [5.74, 6) is -1.14. The highest BCUT2D eigenvalue weighted by atomic mass is 79.9. The molecule has 1 aliphatic rings. The molecule has 0 amide bonds. The van der Waals surface area contributed by atoms with Gasteiger partial charge < -0.3 is 0 Å². The van der Waals surface area contributed by atoms with Crippen LogP contribution >= 0.6 is 28.1 Å². The van der Waals surface area contributed by atoms with E-state index in [-0.39, 0.29) is 0 Å². The van der Waals surface area contributed by atoms with Gasteiger partial charge in [-0.2, -0.15) is 0 Å². The molecule has 0 saturated heterocycles. The lowest BCUT2D eigenvalue weighted by atomic mass is 10.2. The van der Waals surface area contributed by atoms with Gasteiger partial charge in [-0.1, -0.05) is 40.2 Å². The summed E-state index contributed by atoms with van der Waals surface area (Å²) in [6.45, 7) is 0.701.